The lowest BCUT2D eigenvalue weighted by Crippen LogP contribution is -2.50. The fourth-order valence-corrected chi connectivity index (χ4v) is 3.04. The van der Waals surface area contributed by atoms with E-state index in [1.165, 1.54) is 11.8 Å². The van der Waals surface area contributed by atoms with Crippen LogP contribution in [0.5, 0.6) is 0 Å². The Morgan fingerprint density at radius 2 is 1.95 bits per heavy atom. The average molecular weight is 263 g/mol. The minimum absolute atomic E-state index is 0.204. The number of ether oxygens (including phenoxy) is 1. The van der Waals surface area contributed by atoms with Crippen molar-refractivity contribution in [3.63, 3.8) is 0 Å². The van der Waals surface area contributed by atoms with Gasteiger partial charge in [-0.3, -0.25) is 9.69 Å². The van der Waals surface area contributed by atoms with E-state index in [-0.39, 0.29) is 6.61 Å². The summed E-state index contributed by atoms with van der Waals surface area (Å²) in [5.41, 5.74) is -1.81. The summed E-state index contributed by atoms with van der Waals surface area (Å²) in [5.74, 6) is -0.492. The number of benzene rings is 1. The van der Waals surface area contributed by atoms with Gasteiger partial charge in [0.15, 0.2) is 11.8 Å². The third kappa shape index (κ3) is 1.49. The van der Waals surface area contributed by atoms with Gasteiger partial charge in [-0.15, -0.1) is 0 Å². The van der Waals surface area contributed by atoms with Gasteiger partial charge in [0.2, 0.25) is 0 Å². The first-order chi connectivity index (χ1) is 8.89. The van der Waals surface area contributed by atoms with Crippen molar-refractivity contribution in [2.24, 2.45) is 0 Å². The van der Waals surface area contributed by atoms with Crippen molar-refractivity contribution < 1.29 is 19.7 Å². The maximum absolute atomic E-state index is 12.3. The highest BCUT2D eigenvalue weighted by atomic mass is 16.5. The van der Waals surface area contributed by atoms with Crippen molar-refractivity contribution in [2.45, 2.75) is 37.3 Å². The summed E-state index contributed by atoms with van der Waals surface area (Å²) in [6.45, 7) is 3.29. The van der Waals surface area contributed by atoms with Crippen LogP contribution in [-0.2, 0) is 9.53 Å². The third-order valence-electron chi connectivity index (χ3n) is 4.18. The molecular weight excluding hydrogens is 246 g/mol. The van der Waals surface area contributed by atoms with E-state index in [1.807, 2.05) is 30.3 Å². The first-order valence-electron chi connectivity index (χ1n) is 6.30. The van der Waals surface area contributed by atoms with Gasteiger partial charge < -0.3 is 14.9 Å². The van der Waals surface area contributed by atoms with Crippen LogP contribution in [0, 0.1) is 0 Å². The molecule has 2 fully saturated rings. The van der Waals surface area contributed by atoms with E-state index in [1.54, 1.807) is 6.92 Å². The summed E-state index contributed by atoms with van der Waals surface area (Å²) in [6, 6.07) is 9.34. The SMILES string of the molecule is CC1(O)C(=O)N2C(c3ccccc3)OCC2(C)C1O. The van der Waals surface area contributed by atoms with Gasteiger partial charge in [-0.05, 0) is 13.8 Å². The summed E-state index contributed by atoms with van der Waals surface area (Å²) in [7, 11) is 0. The molecule has 19 heavy (non-hydrogen) atoms. The van der Waals surface area contributed by atoms with Crippen LogP contribution in [-0.4, -0.2) is 44.9 Å². The normalized spacial score (nSPS) is 41.7. The van der Waals surface area contributed by atoms with Crippen LogP contribution in [0.15, 0.2) is 30.3 Å². The molecule has 102 valence electrons. The first kappa shape index (κ1) is 12.6. The molecule has 1 amide bonds. The van der Waals surface area contributed by atoms with E-state index in [9.17, 15) is 15.0 Å². The van der Waals surface area contributed by atoms with Crippen molar-refractivity contribution in [2.75, 3.05) is 6.61 Å². The molecule has 2 N–H and O–H groups in total. The molecule has 5 heteroatoms. The zero-order valence-electron chi connectivity index (χ0n) is 10.9. The molecule has 1 aromatic carbocycles. The van der Waals surface area contributed by atoms with Gasteiger partial charge in [0, 0.05) is 5.56 Å². The number of aliphatic hydroxyl groups excluding tert-OH is 1. The lowest BCUT2D eigenvalue weighted by Gasteiger charge is -2.30. The fraction of sp³-hybridized carbons (Fsp3) is 0.500. The lowest BCUT2D eigenvalue weighted by molar-refractivity contribution is -0.152. The van der Waals surface area contributed by atoms with Crippen LogP contribution in [0.3, 0.4) is 0 Å². The Kier molecular flexibility index (Phi) is 2.51. The number of hydrogen-bond acceptors (Lipinski definition) is 4. The summed E-state index contributed by atoms with van der Waals surface area (Å²) in [5, 5.41) is 20.4. The molecule has 0 bridgehead atoms. The van der Waals surface area contributed by atoms with E-state index < -0.39 is 29.4 Å². The van der Waals surface area contributed by atoms with E-state index in [2.05, 4.69) is 0 Å². The molecule has 4 unspecified atom stereocenters. The second kappa shape index (κ2) is 3.79. The second-order valence-corrected chi connectivity index (χ2v) is 5.66. The number of nitrogens with zero attached hydrogens (tertiary/aromatic N) is 1. The summed E-state index contributed by atoms with van der Waals surface area (Å²) in [4.78, 5) is 13.8. The molecule has 0 aliphatic carbocycles. The average Bonchev–Trinajstić information content (AvgIpc) is 2.81. The molecule has 2 aliphatic heterocycles. The number of rotatable bonds is 1. The minimum Gasteiger partial charge on any atom is -0.387 e. The molecule has 0 spiro atoms. The molecule has 0 radical (unpaired) electrons. The van der Waals surface area contributed by atoms with E-state index in [0.717, 1.165) is 5.56 Å². The number of aliphatic hydroxyl groups is 2. The Morgan fingerprint density at radius 3 is 2.58 bits per heavy atom. The Bertz CT molecular complexity index is 515. The van der Waals surface area contributed by atoms with E-state index >= 15 is 0 Å². The number of carbonyl (C=O) groups is 1. The topological polar surface area (TPSA) is 70.0 Å². The zero-order chi connectivity index (χ0) is 13.8. The van der Waals surface area contributed by atoms with Gasteiger partial charge in [0.25, 0.3) is 5.91 Å². The second-order valence-electron chi connectivity index (χ2n) is 5.66. The molecule has 2 aliphatic rings. The molecular formula is C14H17NO4. The molecule has 0 aromatic heterocycles. The highest BCUT2D eigenvalue weighted by Gasteiger charge is 2.66. The third-order valence-corrected chi connectivity index (χ3v) is 4.18. The Hall–Kier alpha value is -1.43. The predicted molar refractivity (Wildman–Crippen MR) is 67.0 cm³/mol. The van der Waals surface area contributed by atoms with E-state index in [4.69, 9.17) is 4.74 Å². The van der Waals surface area contributed by atoms with Crippen LogP contribution in [0.2, 0.25) is 0 Å². The van der Waals surface area contributed by atoms with Gasteiger partial charge in [0.05, 0.1) is 12.1 Å². The smallest absolute Gasteiger partial charge is 0.259 e. The largest absolute Gasteiger partial charge is 0.387 e. The van der Waals surface area contributed by atoms with Crippen LogP contribution in [0.1, 0.15) is 25.6 Å². The Morgan fingerprint density at radius 1 is 1.32 bits per heavy atom. The van der Waals surface area contributed by atoms with Gasteiger partial charge in [0.1, 0.15) is 6.10 Å². The summed E-state index contributed by atoms with van der Waals surface area (Å²) in [6.07, 6.45) is -1.72. The van der Waals surface area contributed by atoms with Gasteiger partial charge in [-0.25, -0.2) is 0 Å². The Balaban J connectivity index is 2.04. The summed E-state index contributed by atoms with van der Waals surface area (Å²) < 4.78 is 5.68. The van der Waals surface area contributed by atoms with Crippen LogP contribution in [0.4, 0.5) is 0 Å². The van der Waals surface area contributed by atoms with Crippen LogP contribution >= 0.6 is 0 Å². The maximum atomic E-state index is 12.3. The molecule has 2 heterocycles. The fourth-order valence-electron chi connectivity index (χ4n) is 3.04. The maximum Gasteiger partial charge on any atom is 0.259 e. The molecule has 0 saturated carbocycles. The standard InChI is InChI=1S/C14H17NO4/c1-13-8-19-10(9-6-4-3-5-7-9)15(13)12(17)14(2,18)11(13)16/h3-7,10-11,16,18H,8H2,1-2H3. The zero-order valence-corrected chi connectivity index (χ0v) is 10.9. The molecule has 2 saturated heterocycles. The highest BCUT2D eigenvalue weighted by Crippen LogP contribution is 2.47. The van der Waals surface area contributed by atoms with Crippen molar-refractivity contribution in [1.82, 2.24) is 4.90 Å². The van der Waals surface area contributed by atoms with Crippen LogP contribution in [0.25, 0.3) is 0 Å². The number of carbonyl (C=O) groups excluding carboxylic acids is 1. The van der Waals surface area contributed by atoms with E-state index in [0.29, 0.717) is 0 Å². The summed E-state index contributed by atoms with van der Waals surface area (Å²) >= 11 is 0. The van der Waals surface area contributed by atoms with Crippen LogP contribution < -0.4 is 0 Å². The first-order valence-corrected chi connectivity index (χ1v) is 6.30. The number of hydrogen-bond donors (Lipinski definition) is 2. The minimum atomic E-state index is -1.76. The molecule has 1 aromatic rings. The van der Waals surface area contributed by atoms with Crippen molar-refractivity contribution >= 4 is 5.91 Å². The quantitative estimate of drug-likeness (QED) is 0.771. The molecule has 4 atom stereocenters. The highest BCUT2D eigenvalue weighted by molar-refractivity contribution is 5.90. The van der Waals surface area contributed by atoms with Gasteiger partial charge >= 0.3 is 0 Å². The van der Waals surface area contributed by atoms with Crippen molar-refractivity contribution in [3.05, 3.63) is 35.9 Å². The molecule has 5 nitrogen and oxygen atoms in total. The lowest BCUT2D eigenvalue weighted by atomic mass is 9.89. The molecule has 3 rings (SSSR count). The van der Waals surface area contributed by atoms with Crippen molar-refractivity contribution in [3.8, 4) is 0 Å². The monoisotopic (exact) mass is 263 g/mol. The van der Waals surface area contributed by atoms with Crippen molar-refractivity contribution in [1.29, 1.82) is 0 Å². The van der Waals surface area contributed by atoms with Gasteiger partial charge in [-0.1, -0.05) is 30.3 Å². The number of amides is 1. The van der Waals surface area contributed by atoms with Gasteiger partial charge in [-0.2, -0.15) is 0 Å². The Labute approximate surface area is 111 Å². The predicted octanol–water partition coefficient (Wildman–Crippen LogP) is 0.428. The number of fused-ring (bicyclic) bond motifs is 1.